The SMILES string of the molecule is CC(=O)Nc1ccc(S(=O)(=O)N(C(=O)[C@@H]2CCCN2C(=O)[C@H](C)N)c2ccccc2)cc1. The average molecular weight is 459 g/mol. The lowest BCUT2D eigenvalue weighted by Gasteiger charge is -2.30. The Morgan fingerprint density at radius 3 is 2.28 bits per heavy atom. The smallest absolute Gasteiger partial charge is 0.270 e. The maximum Gasteiger partial charge on any atom is 0.270 e. The Hall–Kier alpha value is -3.24. The zero-order valence-corrected chi connectivity index (χ0v) is 18.7. The summed E-state index contributed by atoms with van der Waals surface area (Å²) >= 11 is 0. The molecule has 1 saturated heterocycles. The highest BCUT2D eigenvalue weighted by molar-refractivity contribution is 7.93. The van der Waals surface area contributed by atoms with Crippen LogP contribution in [0.1, 0.15) is 26.7 Å². The van der Waals surface area contributed by atoms with E-state index in [0.29, 0.717) is 25.1 Å². The molecule has 170 valence electrons. The summed E-state index contributed by atoms with van der Waals surface area (Å²) in [7, 11) is -4.30. The standard InChI is InChI=1S/C22H26N4O5S/c1-15(23)21(28)25-14-6-9-20(25)22(29)26(18-7-4-3-5-8-18)32(30,31)19-12-10-17(11-13-19)24-16(2)27/h3-5,7-8,10-13,15,20H,6,9,14,23H2,1-2H3,(H,24,27)/t15-,20-/m0/s1. The maximum absolute atomic E-state index is 13.6. The third kappa shape index (κ3) is 4.81. The third-order valence-corrected chi connectivity index (χ3v) is 6.85. The molecule has 1 aliphatic heterocycles. The molecule has 0 radical (unpaired) electrons. The van der Waals surface area contributed by atoms with E-state index in [2.05, 4.69) is 5.32 Å². The van der Waals surface area contributed by atoms with Gasteiger partial charge in [0, 0.05) is 19.2 Å². The van der Waals surface area contributed by atoms with Gasteiger partial charge >= 0.3 is 0 Å². The zero-order valence-electron chi connectivity index (χ0n) is 17.9. The van der Waals surface area contributed by atoms with Gasteiger partial charge in [-0.3, -0.25) is 14.4 Å². The molecule has 2 aromatic rings. The molecule has 2 aromatic carbocycles. The van der Waals surface area contributed by atoms with Crippen LogP contribution in [0.25, 0.3) is 0 Å². The number of amides is 3. The Balaban J connectivity index is 2.02. The molecule has 0 spiro atoms. The van der Waals surface area contributed by atoms with Crippen molar-refractivity contribution in [1.29, 1.82) is 0 Å². The van der Waals surface area contributed by atoms with Crippen LogP contribution in [0.15, 0.2) is 59.5 Å². The Morgan fingerprint density at radius 2 is 1.72 bits per heavy atom. The van der Waals surface area contributed by atoms with Crippen molar-refractivity contribution >= 4 is 39.1 Å². The lowest BCUT2D eigenvalue weighted by molar-refractivity contribution is -0.137. The van der Waals surface area contributed by atoms with Crippen LogP contribution in [-0.2, 0) is 24.4 Å². The minimum absolute atomic E-state index is 0.119. The highest BCUT2D eigenvalue weighted by Crippen LogP contribution is 2.29. The second-order valence-electron chi connectivity index (χ2n) is 7.63. The number of carbonyl (C=O) groups is 3. The molecule has 3 amide bonds. The van der Waals surface area contributed by atoms with Gasteiger partial charge in [0.05, 0.1) is 16.6 Å². The zero-order chi connectivity index (χ0) is 23.5. The molecule has 0 bridgehead atoms. The number of anilines is 2. The summed E-state index contributed by atoms with van der Waals surface area (Å²) in [5, 5.41) is 2.57. The van der Waals surface area contributed by atoms with Crippen molar-refractivity contribution in [3.63, 3.8) is 0 Å². The molecule has 9 nitrogen and oxygen atoms in total. The number of sulfonamides is 1. The number of likely N-dealkylation sites (tertiary alicyclic amines) is 1. The fourth-order valence-corrected chi connectivity index (χ4v) is 5.10. The summed E-state index contributed by atoms with van der Waals surface area (Å²) in [5.41, 5.74) is 6.33. The number of nitrogens with one attached hydrogen (secondary N) is 1. The molecule has 10 heteroatoms. The first-order chi connectivity index (χ1) is 15.1. The fraction of sp³-hybridized carbons (Fsp3) is 0.318. The average Bonchev–Trinajstić information content (AvgIpc) is 3.23. The molecule has 3 rings (SSSR count). The lowest BCUT2D eigenvalue weighted by Crippen LogP contribution is -2.52. The maximum atomic E-state index is 13.6. The second kappa shape index (κ2) is 9.49. The van der Waals surface area contributed by atoms with Crippen molar-refractivity contribution in [2.75, 3.05) is 16.2 Å². The summed E-state index contributed by atoms with van der Waals surface area (Å²) in [4.78, 5) is 38.6. The van der Waals surface area contributed by atoms with Crippen LogP contribution in [0.3, 0.4) is 0 Å². The van der Waals surface area contributed by atoms with Crippen molar-refractivity contribution in [1.82, 2.24) is 4.90 Å². The highest BCUT2D eigenvalue weighted by Gasteiger charge is 2.42. The van der Waals surface area contributed by atoms with E-state index in [1.54, 1.807) is 18.2 Å². The van der Waals surface area contributed by atoms with Gasteiger partial charge in [0.15, 0.2) is 0 Å². The molecule has 3 N–H and O–H groups in total. The van der Waals surface area contributed by atoms with Crippen LogP contribution >= 0.6 is 0 Å². The van der Waals surface area contributed by atoms with Crippen LogP contribution in [-0.4, -0.2) is 49.7 Å². The van der Waals surface area contributed by atoms with Crippen molar-refractivity contribution in [3.05, 3.63) is 54.6 Å². The predicted octanol–water partition coefficient (Wildman–Crippen LogP) is 1.71. The van der Waals surface area contributed by atoms with E-state index in [-0.39, 0.29) is 16.5 Å². The molecule has 1 fully saturated rings. The van der Waals surface area contributed by atoms with Gasteiger partial charge in [0.1, 0.15) is 6.04 Å². The van der Waals surface area contributed by atoms with Gasteiger partial charge in [-0.25, -0.2) is 12.7 Å². The highest BCUT2D eigenvalue weighted by atomic mass is 32.2. The van der Waals surface area contributed by atoms with E-state index in [4.69, 9.17) is 5.73 Å². The van der Waals surface area contributed by atoms with Gasteiger partial charge in [-0.05, 0) is 56.2 Å². The van der Waals surface area contributed by atoms with Gasteiger partial charge in [-0.1, -0.05) is 18.2 Å². The molecule has 0 saturated carbocycles. The number of hydrogen-bond donors (Lipinski definition) is 2. The third-order valence-electron chi connectivity index (χ3n) is 5.11. The van der Waals surface area contributed by atoms with Gasteiger partial charge in [-0.2, -0.15) is 0 Å². The first-order valence-corrected chi connectivity index (χ1v) is 11.6. The fourth-order valence-electron chi connectivity index (χ4n) is 3.65. The van der Waals surface area contributed by atoms with E-state index in [1.807, 2.05) is 0 Å². The molecule has 2 atom stereocenters. The van der Waals surface area contributed by atoms with Gasteiger partial charge in [0.25, 0.3) is 15.9 Å². The number of carbonyl (C=O) groups excluding carboxylic acids is 3. The monoisotopic (exact) mass is 458 g/mol. The number of para-hydroxylation sites is 1. The van der Waals surface area contributed by atoms with Crippen molar-refractivity contribution in [2.45, 2.75) is 43.7 Å². The topological polar surface area (TPSA) is 130 Å². The van der Waals surface area contributed by atoms with Gasteiger partial charge in [-0.15, -0.1) is 0 Å². The van der Waals surface area contributed by atoms with E-state index in [1.165, 1.54) is 55.1 Å². The summed E-state index contributed by atoms with van der Waals surface area (Å²) in [6.07, 6.45) is 0.917. The molecular weight excluding hydrogens is 432 g/mol. The normalized spacial score (nSPS) is 17.0. The summed E-state index contributed by atoms with van der Waals surface area (Å²) in [6.45, 7) is 3.21. The largest absolute Gasteiger partial charge is 0.329 e. The first-order valence-electron chi connectivity index (χ1n) is 10.2. The van der Waals surface area contributed by atoms with Crippen LogP contribution in [0.5, 0.6) is 0 Å². The van der Waals surface area contributed by atoms with E-state index in [0.717, 1.165) is 4.31 Å². The number of hydrogen-bond acceptors (Lipinski definition) is 6. The lowest BCUT2D eigenvalue weighted by atomic mass is 10.2. The van der Waals surface area contributed by atoms with E-state index < -0.39 is 33.9 Å². The Morgan fingerprint density at radius 1 is 1.09 bits per heavy atom. The minimum atomic E-state index is -4.30. The van der Waals surface area contributed by atoms with Gasteiger partial charge in [0.2, 0.25) is 11.8 Å². The van der Waals surface area contributed by atoms with E-state index >= 15 is 0 Å². The number of benzene rings is 2. The van der Waals surface area contributed by atoms with Crippen LogP contribution < -0.4 is 15.4 Å². The van der Waals surface area contributed by atoms with Crippen molar-refractivity contribution in [2.24, 2.45) is 5.73 Å². The Labute approximate surface area is 187 Å². The molecular formula is C22H26N4O5S. The summed E-state index contributed by atoms with van der Waals surface area (Å²) in [6, 6.07) is 11.8. The predicted molar refractivity (Wildman–Crippen MR) is 120 cm³/mol. The molecule has 0 aromatic heterocycles. The molecule has 1 heterocycles. The molecule has 32 heavy (non-hydrogen) atoms. The van der Waals surface area contributed by atoms with Crippen LogP contribution in [0.2, 0.25) is 0 Å². The van der Waals surface area contributed by atoms with Crippen molar-refractivity contribution in [3.8, 4) is 0 Å². The van der Waals surface area contributed by atoms with E-state index in [9.17, 15) is 22.8 Å². The quantitative estimate of drug-likeness (QED) is 0.678. The Kier molecular flexibility index (Phi) is 6.95. The van der Waals surface area contributed by atoms with Gasteiger partial charge < -0.3 is 16.0 Å². The number of nitrogens with zero attached hydrogens (tertiary/aromatic N) is 2. The van der Waals surface area contributed by atoms with Crippen molar-refractivity contribution < 1.29 is 22.8 Å². The number of nitrogens with two attached hydrogens (primary N) is 1. The molecule has 0 aliphatic carbocycles. The minimum Gasteiger partial charge on any atom is -0.329 e. The second-order valence-corrected chi connectivity index (χ2v) is 9.41. The Bertz CT molecular complexity index is 1100. The molecule has 1 aliphatic rings. The number of rotatable bonds is 6. The molecule has 0 unspecified atom stereocenters. The van der Waals surface area contributed by atoms with Crippen LogP contribution in [0.4, 0.5) is 11.4 Å². The summed E-state index contributed by atoms with van der Waals surface area (Å²) < 4.78 is 27.9. The van der Waals surface area contributed by atoms with Crippen LogP contribution in [0, 0.1) is 0 Å². The summed E-state index contributed by atoms with van der Waals surface area (Å²) in [5.74, 6) is -1.40. The first kappa shape index (κ1) is 23.4.